The number of carbonyl (C=O) groups is 1. The molecule has 1 aliphatic carbocycles. The Bertz CT molecular complexity index is 328. The van der Waals surface area contributed by atoms with E-state index < -0.39 is 12.2 Å². The molecule has 0 radical (unpaired) electrons. The number of rotatable bonds is 3. The lowest BCUT2D eigenvalue weighted by molar-refractivity contribution is -0.130. The lowest BCUT2D eigenvalue weighted by atomic mass is 10.2. The summed E-state index contributed by atoms with van der Waals surface area (Å²) in [7, 11) is 0. The minimum atomic E-state index is -1.05. The van der Waals surface area contributed by atoms with E-state index in [1.54, 1.807) is 0 Å². The molecule has 0 aromatic heterocycles. The van der Waals surface area contributed by atoms with Gasteiger partial charge < -0.3 is 10.2 Å². The predicted molar refractivity (Wildman–Crippen MR) is 68.1 cm³/mol. The summed E-state index contributed by atoms with van der Waals surface area (Å²) >= 11 is 0. The van der Waals surface area contributed by atoms with Crippen molar-refractivity contribution in [3.05, 3.63) is 0 Å². The Balaban J connectivity index is 0.00000162. The van der Waals surface area contributed by atoms with E-state index in [0.29, 0.717) is 6.04 Å². The van der Waals surface area contributed by atoms with Gasteiger partial charge >= 0.3 is 0 Å². The molecule has 0 aromatic carbocycles. The third kappa shape index (κ3) is 3.56. The van der Waals surface area contributed by atoms with Gasteiger partial charge in [0.2, 0.25) is 5.91 Å². The van der Waals surface area contributed by atoms with Gasteiger partial charge in [-0.05, 0) is 12.8 Å². The molecule has 102 valence electrons. The highest BCUT2D eigenvalue weighted by Gasteiger charge is 2.35. The van der Waals surface area contributed by atoms with E-state index in [4.69, 9.17) is 5.26 Å². The number of hydrogen-bond acceptors (Lipinski definition) is 3. The van der Waals surface area contributed by atoms with Gasteiger partial charge in [-0.15, -0.1) is 12.4 Å². The zero-order chi connectivity index (χ0) is 12.3. The third-order valence-electron chi connectivity index (χ3n) is 3.62. The van der Waals surface area contributed by atoms with Gasteiger partial charge in [0, 0.05) is 12.5 Å². The van der Waals surface area contributed by atoms with Crippen molar-refractivity contribution < 1.29 is 9.18 Å². The van der Waals surface area contributed by atoms with Gasteiger partial charge in [-0.25, -0.2) is 4.39 Å². The number of carbonyl (C=O) groups excluding carboxylic acids is 1. The maximum Gasteiger partial charge on any atom is 0.237 e. The molecule has 0 aromatic rings. The first-order valence-corrected chi connectivity index (χ1v) is 6.27. The van der Waals surface area contributed by atoms with Crippen molar-refractivity contribution in [2.75, 3.05) is 13.1 Å². The van der Waals surface area contributed by atoms with Gasteiger partial charge in [0.15, 0.2) is 0 Å². The summed E-state index contributed by atoms with van der Waals surface area (Å²) in [5, 5.41) is 12.0. The van der Waals surface area contributed by atoms with Crippen LogP contribution in [0, 0.1) is 11.3 Å². The van der Waals surface area contributed by atoms with Crippen LogP contribution in [-0.4, -0.2) is 42.2 Å². The molecule has 0 spiro atoms. The van der Waals surface area contributed by atoms with Crippen LogP contribution >= 0.6 is 12.4 Å². The first kappa shape index (κ1) is 15.2. The minimum Gasteiger partial charge on any atom is -0.323 e. The highest BCUT2D eigenvalue weighted by Crippen LogP contribution is 2.20. The monoisotopic (exact) mass is 275 g/mol. The molecule has 4 nitrogen and oxygen atoms in total. The average molecular weight is 276 g/mol. The second kappa shape index (κ2) is 6.91. The van der Waals surface area contributed by atoms with E-state index in [0.717, 1.165) is 12.8 Å². The maximum absolute atomic E-state index is 13.1. The largest absolute Gasteiger partial charge is 0.323 e. The fourth-order valence-electron chi connectivity index (χ4n) is 2.65. The molecule has 2 aliphatic rings. The number of nitriles is 1. The molecule has 6 heteroatoms. The van der Waals surface area contributed by atoms with E-state index in [1.165, 1.54) is 17.7 Å². The van der Waals surface area contributed by atoms with Crippen molar-refractivity contribution in [1.82, 2.24) is 10.2 Å². The molecule has 1 amide bonds. The fourth-order valence-corrected chi connectivity index (χ4v) is 2.65. The Morgan fingerprint density at radius 3 is 2.72 bits per heavy atom. The number of alkyl halides is 1. The Morgan fingerprint density at radius 1 is 1.44 bits per heavy atom. The normalized spacial score (nSPS) is 27.9. The molecule has 2 fully saturated rings. The lowest BCUT2D eigenvalue weighted by Gasteiger charge is -2.20. The summed E-state index contributed by atoms with van der Waals surface area (Å²) in [6.07, 6.45) is 3.76. The molecule has 1 saturated carbocycles. The zero-order valence-corrected chi connectivity index (χ0v) is 11.1. The first-order chi connectivity index (χ1) is 8.20. The molecular weight excluding hydrogens is 257 g/mol. The molecule has 1 N–H and O–H groups in total. The molecule has 0 unspecified atom stereocenters. The van der Waals surface area contributed by atoms with Crippen LogP contribution in [0.1, 0.15) is 32.1 Å². The van der Waals surface area contributed by atoms with Gasteiger partial charge in [-0.2, -0.15) is 5.26 Å². The minimum absolute atomic E-state index is 0. The number of nitrogens with zero attached hydrogens (tertiary/aromatic N) is 2. The zero-order valence-electron chi connectivity index (χ0n) is 10.3. The van der Waals surface area contributed by atoms with Gasteiger partial charge in [0.25, 0.3) is 0 Å². The average Bonchev–Trinajstić information content (AvgIpc) is 2.94. The van der Waals surface area contributed by atoms with Gasteiger partial charge in [-0.1, -0.05) is 12.8 Å². The van der Waals surface area contributed by atoms with E-state index in [9.17, 15) is 9.18 Å². The van der Waals surface area contributed by atoms with E-state index in [2.05, 4.69) is 5.32 Å². The Hall–Kier alpha value is -0.860. The summed E-state index contributed by atoms with van der Waals surface area (Å²) in [4.78, 5) is 13.2. The number of likely N-dealkylation sites (tertiary alicyclic amines) is 1. The van der Waals surface area contributed by atoms with E-state index in [-0.39, 0.29) is 37.8 Å². The molecule has 2 atom stereocenters. The van der Waals surface area contributed by atoms with Crippen molar-refractivity contribution in [3.63, 3.8) is 0 Å². The number of amides is 1. The fraction of sp³-hybridized carbons (Fsp3) is 0.833. The summed E-state index contributed by atoms with van der Waals surface area (Å²) in [6, 6.07) is 1.83. The van der Waals surface area contributed by atoms with E-state index in [1.807, 2.05) is 6.07 Å². The predicted octanol–water partition coefficient (Wildman–Crippen LogP) is 1.40. The maximum atomic E-state index is 13.1. The topological polar surface area (TPSA) is 56.1 Å². The van der Waals surface area contributed by atoms with Gasteiger partial charge in [0.1, 0.15) is 12.2 Å². The number of nitrogens with one attached hydrogen (secondary N) is 1. The molecule has 1 heterocycles. The van der Waals surface area contributed by atoms with Crippen LogP contribution in [-0.2, 0) is 4.79 Å². The van der Waals surface area contributed by atoms with Crippen molar-refractivity contribution in [1.29, 1.82) is 5.26 Å². The summed E-state index contributed by atoms with van der Waals surface area (Å²) in [5.41, 5.74) is 0. The Labute approximate surface area is 113 Å². The molecule has 0 bridgehead atoms. The highest BCUT2D eigenvalue weighted by atomic mass is 35.5. The number of hydrogen-bond donors (Lipinski definition) is 1. The quantitative estimate of drug-likeness (QED) is 0.847. The molecular formula is C12H19ClFN3O. The van der Waals surface area contributed by atoms with Crippen molar-refractivity contribution in [2.24, 2.45) is 0 Å². The van der Waals surface area contributed by atoms with Gasteiger partial charge in [0.05, 0.1) is 19.2 Å². The van der Waals surface area contributed by atoms with E-state index >= 15 is 0 Å². The molecule has 1 saturated heterocycles. The second-order valence-electron chi connectivity index (χ2n) is 4.89. The Morgan fingerprint density at radius 2 is 2.11 bits per heavy atom. The number of halogens is 2. The van der Waals surface area contributed by atoms with Crippen LogP contribution in [0.4, 0.5) is 4.39 Å². The third-order valence-corrected chi connectivity index (χ3v) is 3.62. The lowest BCUT2D eigenvalue weighted by Crippen LogP contribution is -2.43. The van der Waals surface area contributed by atoms with Crippen LogP contribution in [0.15, 0.2) is 0 Å². The molecule has 18 heavy (non-hydrogen) atoms. The van der Waals surface area contributed by atoms with Crippen molar-refractivity contribution in [3.8, 4) is 6.07 Å². The summed E-state index contributed by atoms with van der Waals surface area (Å²) < 4.78 is 13.1. The van der Waals surface area contributed by atoms with Crippen molar-refractivity contribution in [2.45, 2.75) is 50.4 Å². The van der Waals surface area contributed by atoms with Crippen LogP contribution in [0.2, 0.25) is 0 Å². The van der Waals surface area contributed by atoms with Gasteiger partial charge in [-0.3, -0.25) is 4.79 Å². The van der Waals surface area contributed by atoms with Crippen LogP contribution < -0.4 is 5.32 Å². The van der Waals surface area contributed by atoms with Crippen LogP contribution in [0.5, 0.6) is 0 Å². The summed E-state index contributed by atoms with van der Waals surface area (Å²) in [5.74, 6) is -0.149. The molecule has 2 rings (SSSR count). The highest BCUT2D eigenvalue weighted by molar-refractivity contribution is 5.85. The summed E-state index contributed by atoms with van der Waals surface area (Å²) in [6.45, 7) is 0.305. The Kier molecular flexibility index (Phi) is 5.83. The second-order valence-corrected chi connectivity index (χ2v) is 4.89. The first-order valence-electron chi connectivity index (χ1n) is 6.27. The van der Waals surface area contributed by atoms with Crippen LogP contribution in [0.25, 0.3) is 0 Å². The SMILES string of the molecule is Cl.N#C[C@@H]1C[C@H](F)CN1C(=O)CNC1CCCC1. The van der Waals surface area contributed by atoms with Crippen molar-refractivity contribution >= 4 is 18.3 Å². The smallest absolute Gasteiger partial charge is 0.237 e. The standard InChI is InChI=1S/C12H18FN3O.ClH/c13-9-5-11(6-14)16(8-9)12(17)7-15-10-3-1-2-4-10;/h9-11,15H,1-5,7-8H2;1H/t9-,11-;/m0./s1. The van der Waals surface area contributed by atoms with Crippen LogP contribution in [0.3, 0.4) is 0 Å². The molecule has 1 aliphatic heterocycles.